The Morgan fingerprint density at radius 3 is 3.06 bits per heavy atom. The lowest BCUT2D eigenvalue weighted by atomic mass is 10.1. The van der Waals surface area contributed by atoms with Crippen molar-refractivity contribution in [1.29, 1.82) is 0 Å². The van der Waals surface area contributed by atoms with Crippen molar-refractivity contribution in [2.45, 2.75) is 32.4 Å². The van der Waals surface area contributed by atoms with Gasteiger partial charge in [-0.1, -0.05) is 6.92 Å². The summed E-state index contributed by atoms with van der Waals surface area (Å²) in [6.45, 7) is 3.04. The predicted molar refractivity (Wildman–Crippen MR) is 67.6 cm³/mol. The molecule has 0 saturated heterocycles. The first-order valence-electron chi connectivity index (χ1n) is 5.63. The minimum atomic E-state index is -0.596. The highest BCUT2D eigenvalue weighted by atomic mass is 79.9. The topological polar surface area (TPSA) is 51.2 Å². The first kappa shape index (κ1) is 12.4. The van der Waals surface area contributed by atoms with Crippen LogP contribution in [-0.2, 0) is 13.0 Å². The maximum absolute atomic E-state index is 10.1. The monoisotopic (exact) mass is 298 g/mol. The van der Waals surface area contributed by atoms with Crippen molar-refractivity contribution in [3.05, 3.63) is 40.8 Å². The van der Waals surface area contributed by atoms with Crippen molar-refractivity contribution in [1.82, 2.24) is 9.55 Å². The molecule has 0 saturated carbocycles. The minimum Gasteiger partial charge on any atom is -0.457 e. The molecule has 1 N–H and O–H groups in total. The highest BCUT2D eigenvalue weighted by Gasteiger charge is 2.16. The van der Waals surface area contributed by atoms with E-state index >= 15 is 0 Å². The second kappa shape index (κ2) is 5.51. The molecule has 0 aliphatic heterocycles. The molecule has 4 nitrogen and oxygen atoms in total. The molecule has 0 spiro atoms. The summed E-state index contributed by atoms with van der Waals surface area (Å²) in [6, 6.07) is 1.77. The highest BCUT2D eigenvalue weighted by Crippen LogP contribution is 2.26. The van der Waals surface area contributed by atoms with E-state index in [0.29, 0.717) is 11.1 Å². The zero-order valence-corrected chi connectivity index (χ0v) is 11.2. The number of aliphatic hydroxyl groups excluding tert-OH is 1. The van der Waals surface area contributed by atoms with Crippen LogP contribution in [0.25, 0.3) is 0 Å². The fraction of sp³-hybridized carbons (Fsp3) is 0.417. The molecule has 92 valence electrons. The van der Waals surface area contributed by atoms with Crippen molar-refractivity contribution >= 4 is 15.9 Å². The summed E-state index contributed by atoms with van der Waals surface area (Å²) in [6.07, 6.45) is 6.21. The second-order valence-corrected chi connectivity index (χ2v) is 4.63. The van der Waals surface area contributed by atoms with Crippen molar-refractivity contribution in [3.8, 4) is 0 Å². The average molecular weight is 299 g/mol. The third kappa shape index (κ3) is 2.79. The fourth-order valence-corrected chi connectivity index (χ4v) is 2.30. The molecule has 2 rings (SSSR count). The van der Waals surface area contributed by atoms with Crippen LogP contribution in [0.1, 0.15) is 30.8 Å². The van der Waals surface area contributed by atoms with Gasteiger partial charge >= 0.3 is 0 Å². The molecule has 2 aromatic heterocycles. The number of hydrogen-bond acceptors (Lipinski definition) is 3. The highest BCUT2D eigenvalue weighted by molar-refractivity contribution is 9.10. The van der Waals surface area contributed by atoms with Crippen LogP contribution < -0.4 is 0 Å². The molecular weight excluding hydrogens is 284 g/mol. The maximum atomic E-state index is 10.1. The molecule has 0 aliphatic carbocycles. The van der Waals surface area contributed by atoms with E-state index in [1.54, 1.807) is 18.5 Å². The largest absolute Gasteiger partial charge is 0.457 e. The third-order valence-electron chi connectivity index (χ3n) is 2.65. The summed E-state index contributed by atoms with van der Waals surface area (Å²) in [5.74, 6) is 0.896. The average Bonchev–Trinajstić information content (AvgIpc) is 2.89. The summed E-state index contributed by atoms with van der Waals surface area (Å²) in [5, 5.41) is 10.1. The molecule has 2 heterocycles. The van der Waals surface area contributed by atoms with Crippen molar-refractivity contribution in [2.24, 2.45) is 0 Å². The Kier molecular flexibility index (Phi) is 4.02. The van der Waals surface area contributed by atoms with Crippen LogP contribution in [0.5, 0.6) is 0 Å². The lowest BCUT2D eigenvalue weighted by molar-refractivity contribution is 0.172. The van der Waals surface area contributed by atoms with Gasteiger partial charge in [0.2, 0.25) is 0 Å². The van der Waals surface area contributed by atoms with Crippen molar-refractivity contribution in [3.63, 3.8) is 0 Å². The van der Waals surface area contributed by atoms with E-state index in [9.17, 15) is 5.11 Å². The molecule has 1 unspecified atom stereocenters. The van der Waals surface area contributed by atoms with Gasteiger partial charge < -0.3 is 14.1 Å². The molecule has 5 heteroatoms. The van der Waals surface area contributed by atoms with Gasteiger partial charge in [0, 0.05) is 30.9 Å². The van der Waals surface area contributed by atoms with Crippen LogP contribution in [0, 0.1) is 0 Å². The van der Waals surface area contributed by atoms with Gasteiger partial charge in [0.15, 0.2) is 4.67 Å². The molecule has 17 heavy (non-hydrogen) atoms. The first-order chi connectivity index (χ1) is 8.22. The van der Waals surface area contributed by atoms with Gasteiger partial charge in [0.1, 0.15) is 5.82 Å². The number of aliphatic hydroxyl groups is 1. The smallest absolute Gasteiger partial charge is 0.174 e. The van der Waals surface area contributed by atoms with Gasteiger partial charge in [-0.2, -0.15) is 0 Å². The van der Waals surface area contributed by atoms with E-state index < -0.39 is 6.10 Å². The van der Waals surface area contributed by atoms with Crippen LogP contribution >= 0.6 is 15.9 Å². The standard InChI is InChI=1S/C12H15BrN2O2/c1-2-5-15-6-4-14-11(15)8-10(16)9-3-7-17-12(9)13/h3-4,6-7,10,16H,2,5,8H2,1H3. The maximum Gasteiger partial charge on any atom is 0.174 e. The SMILES string of the molecule is CCCn1ccnc1CC(O)c1ccoc1Br. The van der Waals surface area contributed by atoms with Crippen molar-refractivity contribution < 1.29 is 9.52 Å². The van der Waals surface area contributed by atoms with E-state index in [2.05, 4.69) is 32.4 Å². The summed E-state index contributed by atoms with van der Waals surface area (Å²) >= 11 is 3.27. The van der Waals surface area contributed by atoms with Crippen LogP contribution in [0.15, 0.2) is 33.8 Å². The van der Waals surface area contributed by atoms with E-state index in [1.165, 1.54) is 0 Å². The van der Waals surface area contributed by atoms with Gasteiger partial charge in [-0.15, -0.1) is 0 Å². The zero-order chi connectivity index (χ0) is 12.3. The fourth-order valence-electron chi connectivity index (χ4n) is 1.80. The van der Waals surface area contributed by atoms with Gasteiger partial charge in [0.05, 0.1) is 12.4 Å². The third-order valence-corrected chi connectivity index (χ3v) is 3.29. The van der Waals surface area contributed by atoms with E-state index in [4.69, 9.17) is 4.42 Å². The minimum absolute atomic E-state index is 0.491. The Hall–Kier alpha value is -1.07. The van der Waals surface area contributed by atoms with Crippen LogP contribution in [0.2, 0.25) is 0 Å². The number of rotatable bonds is 5. The van der Waals surface area contributed by atoms with E-state index in [-0.39, 0.29) is 0 Å². The van der Waals surface area contributed by atoms with E-state index in [0.717, 1.165) is 24.4 Å². The lowest BCUT2D eigenvalue weighted by Gasteiger charge is -2.10. The summed E-state index contributed by atoms with van der Waals surface area (Å²) < 4.78 is 7.76. The lowest BCUT2D eigenvalue weighted by Crippen LogP contribution is -2.08. The number of furan rings is 1. The van der Waals surface area contributed by atoms with Crippen LogP contribution in [0.4, 0.5) is 0 Å². The quantitative estimate of drug-likeness (QED) is 0.923. The number of aromatic nitrogens is 2. The summed E-state index contributed by atoms with van der Waals surface area (Å²) in [5.41, 5.74) is 0.760. The van der Waals surface area contributed by atoms with Gasteiger partial charge in [-0.25, -0.2) is 4.98 Å². The summed E-state index contributed by atoms with van der Waals surface area (Å²) in [4.78, 5) is 4.27. The first-order valence-corrected chi connectivity index (χ1v) is 6.42. The normalized spacial score (nSPS) is 12.9. The number of halogens is 1. The second-order valence-electron chi connectivity index (χ2n) is 3.91. The van der Waals surface area contributed by atoms with E-state index in [1.807, 2.05) is 6.20 Å². The van der Waals surface area contributed by atoms with Crippen LogP contribution in [-0.4, -0.2) is 14.7 Å². The molecule has 0 fully saturated rings. The Labute approximate surface area is 108 Å². The molecule has 0 amide bonds. The van der Waals surface area contributed by atoms with Crippen molar-refractivity contribution in [2.75, 3.05) is 0 Å². The number of aryl methyl sites for hydroxylation is 1. The number of imidazole rings is 1. The Bertz CT molecular complexity index is 478. The van der Waals surface area contributed by atoms with Crippen LogP contribution in [0.3, 0.4) is 0 Å². The molecule has 2 aromatic rings. The summed E-state index contributed by atoms with van der Waals surface area (Å²) in [7, 11) is 0. The van der Waals surface area contributed by atoms with Gasteiger partial charge in [-0.05, 0) is 28.4 Å². The van der Waals surface area contributed by atoms with Gasteiger partial charge in [-0.3, -0.25) is 0 Å². The zero-order valence-electron chi connectivity index (χ0n) is 9.64. The predicted octanol–water partition coefficient (Wildman–Crippen LogP) is 2.92. The molecular formula is C12H15BrN2O2. The van der Waals surface area contributed by atoms with Gasteiger partial charge in [0.25, 0.3) is 0 Å². The molecule has 0 aromatic carbocycles. The molecule has 0 radical (unpaired) electrons. The molecule has 0 aliphatic rings. The number of hydrogen-bond donors (Lipinski definition) is 1. The Morgan fingerprint density at radius 2 is 2.41 bits per heavy atom. The molecule has 0 bridgehead atoms. The Morgan fingerprint density at radius 1 is 1.59 bits per heavy atom. The number of nitrogens with zero attached hydrogens (tertiary/aromatic N) is 2. The Balaban J connectivity index is 2.10. The molecule has 1 atom stereocenters.